The summed E-state index contributed by atoms with van der Waals surface area (Å²) in [5, 5.41) is 3.36. The van der Waals surface area contributed by atoms with Gasteiger partial charge < -0.3 is 5.32 Å². The summed E-state index contributed by atoms with van der Waals surface area (Å²) in [7, 11) is 0. The number of nitrogens with one attached hydrogen (secondary N) is 1. The molecule has 0 amide bonds. The quantitative estimate of drug-likeness (QED) is 0.900. The first-order chi connectivity index (χ1) is 8.94. The zero-order chi connectivity index (χ0) is 14.0. The number of aryl methyl sites for hydroxylation is 2. The van der Waals surface area contributed by atoms with Crippen LogP contribution in [0.5, 0.6) is 0 Å². The van der Waals surface area contributed by atoms with Crippen molar-refractivity contribution in [2.24, 2.45) is 11.3 Å². The van der Waals surface area contributed by atoms with Crippen LogP contribution in [0.1, 0.15) is 37.0 Å². The van der Waals surface area contributed by atoms with Crippen LogP contribution in [0.2, 0.25) is 0 Å². The Balaban J connectivity index is 2.20. The summed E-state index contributed by atoms with van der Waals surface area (Å²) < 4.78 is 0. The summed E-state index contributed by atoms with van der Waals surface area (Å²) in [5.41, 5.74) is 3.49. The maximum absolute atomic E-state index is 12.8. The van der Waals surface area contributed by atoms with Crippen molar-refractivity contribution < 1.29 is 4.79 Å². The van der Waals surface area contributed by atoms with Crippen molar-refractivity contribution in [3.05, 3.63) is 34.9 Å². The normalized spacial score (nSPS) is 23.0. The maximum atomic E-state index is 12.8. The predicted octanol–water partition coefficient (Wildman–Crippen LogP) is 3.05. The Kier molecular flexibility index (Phi) is 4.10. The summed E-state index contributed by atoms with van der Waals surface area (Å²) >= 11 is 0. The molecule has 1 saturated heterocycles. The highest BCUT2D eigenvalue weighted by molar-refractivity contribution is 5.87. The smallest absolute Gasteiger partial charge is 0.144 e. The van der Waals surface area contributed by atoms with E-state index in [1.54, 1.807) is 0 Å². The Bertz CT molecular complexity index is 450. The summed E-state index contributed by atoms with van der Waals surface area (Å²) in [6.45, 7) is 10.3. The molecule has 0 aliphatic carbocycles. The fourth-order valence-corrected chi connectivity index (χ4v) is 3.30. The van der Waals surface area contributed by atoms with Gasteiger partial charge in [-0.3, -0.25) is 4.79 Å². The molecular formula is C17H25NO. The summed E-state index contributed by atoms with van der Waals surface area (Å²) in [6.07, 6.45) is 1.55. The third-order valence-electron chi connectivity index (χ3n) is 4.49. The van der Waals surface area contributed by atoms with Crippen LogP contribution in [0, 0.1) is 25.2 Å². The molecule has 0 saturated carbocycles. The maximum Gasteiger partial charge on any atom is 0.144 e. The van der Waals surface area contributed by atoms with E-state index >= 15 is 0 Å². The van der Waals surface area contributed by atoms with Crippen LogP contribution in [0.25, 0.3) is 0 Å². The van der Waals surface area contributed by atoms with Crippen LogP contribution in [0.3, 0.4) is 0 Å². The van der Waals surface area contributed by atoms with E-state index < -0.39 is 0 Å². The molecule has 1 atom stereocenters. The van der Waals surface area contributed by atoms with Crippen molar-refractivity contribution in [1.29, 1.82) is 0 Å². The van der Waals surface area contributed by atoms with E-state index in [-0.39, 0.29) is 5.41 Å². The summed E-state index contributed by atoms with van der Waals surface area (Å²) in [6, 6.07) is 6.44. The highest BCUT2D eigenvalue weighted by atomic mass is 16.1. The van der Waals surface area contributed by atoms with Crippen molar-refractivity contribution in [1.82, 2.24) is 5.32 Å². The van der Waals surface area contributed by atoms with E-state index in [4.69, 9.17) is 0 Å². The highest BCUT2D eigenvalue weighted by Gasteiger charge is 2.43. The molecule has 104 valence electrons. The Hall–Kier alpha value is -1.15. The third-order valence-corrected chi connectivity index (χ3v) is 4.49. The lowest BCUT2D eigenvalue weighted by molar-refractivity contribution is -0.129. The lowest BCUT2D eigenvalue weighted by Gasteiger charge is -2.31. The van der Waals surface area contributed by atoms with Crippen molar-refractivity contribution >= 4 is 5.78 Å². The molecule has 1 aromatic carbocycles. The van der Waals surface area contributed by atoms with Gasteiger partial charge >= 0.3 is 0 Å². The number of ketones is 1. The van der Waals surface area contributed by atoms with Gasteiger partial charge in [-0.2, -0.15) is 0 Å². The molecular weight excluding hydrogens is 234 g/mol. The van der Waals surface area contributed by atoms with Crippen LogP contribution in [-0.4, -0.2) is 18.9 Å². The van der Waals surface area contributed by atoms with Gasteiger partial charge in [-0.25, -0.2) is 0 Å². The van der Waals surface area contributed by atoms with E-state index in [1.165, 1.54) is 11.1 Å². The van der Waals surface area contributed by atoms with Gasteiger partial charge in [0.05, 0.1) is 0 Å². The van der Waals surface area contributed by atoms with Crippen LogP contribution in [-0.2, 0) is 11.2 Å². The van der Waals surface area contributed by atoms with Crippen LogP contribution >= 0.6 is 0 Å². The first kappa shape index (κ1) is 14.3. The molecule has 1 fully saturated rings. The van der Waals surface area contributed by atoms with Crippen LogP contribution in [0.4, 0.5) is 0 Å². The van der Waals surface area contributed by atoms with Gasteiger partial charge in [0.15, 0.2) is 0 Å². The average molecular weight is 259 g/mol. The minimum atomic E-state index is -0.155. The molecule has 1 aliphatic rings. The second-order valence-electron chi connectivity index (χ2n) is 6.33. The Morgan fingerprint density at radius 3 is 2.37 bits per heavy atom. The Labute approximate surface area is 116 Å². The lowest BCUT2D eigenvalue weighted by atomic mass is 9.71. The summed E-state index contributed by atoms with van der Waals surface area (Å²) in [4.78, 5) is 12.8. The molecule has 1 aliphatic heterocycles. The minimum Gasteiger partial charge on any atom is -0.316 e. The zero-order valence-corrected chi connectivity index (χ0v) is 12.5. The van der Waals surface area contributed by atoms with Crippen LogP contribution < -0.4 is 5.32 Å². The van der Waals surface area contributed by atoms with Gasteiger partial charge in [-0.1, -0.05) is 43.2 Å². The second kappa shape index (κ2) is 5.46. The number of Topliss-reactive ketones (excluding diaryl/α,β-unsaturated/α-hetero) is 1. The molecule has 0 spiro atoms. The fraction of sp³-hybridized carbons (Fsp3) is 0.588. The van der Waals surface area contributed by atoms with E-state index in [0.29, 0.717) is 18.1 Å². The predicted molar refractivity (Wildman–Crippen MR) is 79.4 cm³/mol. The number of rotatable bonds is 4. The number of carbonyl (C=O) groups is 1. The first-order valence-electron chi connectivity index (χ1n) is 7.25. The molecule has 19 heavy (non-hydrogen) atoms. The SMILES string of the molecule is Cc1cc(C)cc(CC(=O)C2(C(C)C)CCNC2)c1. The van der Waals surface area contributed by atoms with E-state index in [0.717, 1.165) is 25.1 Å². The molecule has 1 heterocycles. The number of benzene rings is 1. The third kappa shape index (κ3) is 2.89. The van der Waals surface area contributed by atoms with Crippen LogP contribution in [0.15, 0.2) is 18.2 Å². The topological polar surface area (TPSA) is 29.1 Å². The Morgan fingerprint density at radius 1 is 1.26 bits per heavy atom. The molecule has 1 N–H and O–H groups in total. The van der Waals surface area contributed by atoms with Gasteiger partial charge in [0.1, 0.15) is 5.78 Å². The number of hydrogen-bond acceptors (Lipinski definition) is 2. The van der Waals surface area contributed by atoms with Crippen molar-refractivity contribution in [3.63, 3.8) is 0 Å². The monoisotopic (exact) mass is 259 g/mol. The largest absolute Gasteiger partial charge is 0.316 e. The van der Waals surface area contributed by atoms with E-state index in [9.17, 15) is 4.79 Å². The molecule has 1 unspecified atom stereocenters. The lowest BCUT2D eigenvalue weighted by Crippen LogP contribution is -2.39. The zero-order valence-electron chi connectivity index (χ0n) is 12.5. The molecule has 2 nitrogen and oxygen atoms in total. The molecule has 1 aromatic rings. The molecule has 0 aromatic heterocycles. The van der Waals surface area contributed by atoms with Crippen molar-refractivity contribution in [2.45, 2.75) is 40.5 Å². The highest BCUT2D eigenvalue weighted by Crippen LogP contribution is 2.36. The molecule has 0 radical (unpaired) electrons. The Morgan fingerprint density at radius 2 is 1.89 bits per heavy atom. The van der Waals surface area contributed by atoms with Crippen molar-refractivity contribution in [2.75, 3.05) is 13.1 Å². The van der Waals surface area contributed by atoms with E-state index in [2.05, 4.69) is 51.2 Å². The molecule has 2 heteroatoms. The van der Waals surface area contributed by atoms with Gasteiger partial charge in [-0.05, 0) is 38.3 Å². The van der Waals surface area contributed by atoms with Crippen molar-refractivity contribution in [3.8, 4) is 0 Å². The van der Waals surface area contributed by atoms with E-state index in [1.807, 2.05) is 0 Å². The number of hydrogen-bond donors (Lipinski definition) is 1. The van der Waals surface area contributed by atoms with Gasteiger partial charge in [-0.15, -0.1) is 0 Å². The average Bonchev–Trinajstić information content (AvgIpc) is 2.77. The van der Waals surface area contributed by atoms with Gasteiger partial charge in [0, 0.05) is 18.4 Å². The second-order valence-corrected chi connectivity index (χ2v) is 6.33. The van der Waals surface area contributed by atoms with Gasteiger partial charge in [0.25, 0.3) is 0 Å². The standard InChI is InChI=1S/C17H25NO/c1-12(2)17(5-6-18-11-17)16(19)10-15-8-13(3)7-14(4)9-15/h7-9,12,18H,5-6,10-11H2,1-4H3. The first-order valence-corrected chi connectivity index (χ1v) is 7.25. The number of carbonyl (C=O) groups excluding carboxylic acids is 1. The molecule has 2 rings (SSSR count). The minimum absolute atomic E-state index is 0.155. The fourth-order valence-electron chi connectivity index (χ4n) is 3.30. The van der Waals surface area contributed by atoms with Gasteiger partial charge in [0.2, 0.25) is 0 Å². The molecule has 0 bridgehead atoms. The summed E-state index contributed by atoms with van der Waals surface area (Å²) in [5.74, 6) is 0.804.